The fourth-order valence-electron chi connectivity index (χ4n) is 2.79. The maximum absolute atomic E-state index is 6.81. The van der Waals surface area contributed by atoms with E-state index < -0.39 is 0 Å². The van der Waals surface area contributed by atoms with E-state index >= 15 is 0 Å². The van der Waals surface area contributed by atoms with E-state index in [0.29, 0.717) is 5.71 Å². The van der Waals surface area contributed by atoms with E-state index in [-0.39, 0.29) is 0 Å². The second kappa shape index (κ2) is 45.6. The lowest BCUT2D eigenvalue weighted by molar-refractivity contribution is 0.331. The van der Waals surface area contributed by atoms with E-state index in [4.69, 9.17) is 5.41 Å². The molecule has 0 aromatic rings. The molecule has 0 amide bonds. The first-order chi connectivity index (χ1) is 16.2. The van der Waals surface area contributed by atoms with Gasteiger partial charge in [-0.25, -0.2) is 0 Å². The molecule has 34 heavy (non-hydrogen) atoms. The first kappa shape index (κ1) is 46.4. The van der Waals surface area contributed by atoms with Crippen molar-refractivity contribution in [2.75, 3.05) is 13.6 Å². The lowest BCUT2D eigenvalue weighted by Gasteiger charge is -2.12. The molecule has 2 fully saturated rings. The van der Waals surface area contributed by atoms with Crippen molar-refractivity contribution >= 4 is 5.71 Å². The summed E-state index contributed by atoms with van der Waals surface area (Å²) in [5.41, 5.74) is 0.609. The number of nitrogens with zero attached hydrogens (tertiary/aromatic N) is 1. The topological polar surface area (TPSA) is 27.1 Å². The van der Waals surface area contributed by atoms with Crippen molar-refractivity contribution in [3.8, 4) is 0 Å². The Morgan fingerprint density at radius 3 is 1.41 bits per heavy atom. The van der Waals surface area contributed by atoms with E-state index in [1.165, 1.54) is 51.5 Å². The Hall–Kier alpha value is -0.890. The average molecular weight is 485 g/mol. The van der Waals surface area contributed by atoms with Crippen LogP contribution in [0.4, 0.5) is 0 Å². The van der Waals surface area contributed by atoms with Crippen LogP contribution in [0.2, 0.25) is 0 Å². The zero-order chi connectivity index (χ0) is 28.4. The van der Waals surface area contributed by atoms with Gasteiger partial charge in [0.25, 0.3) is 0 Å². The molecule has 0 aromatic carbocycles. The summed E-state index contributed by atoms with van der Waals surface area (Å²) in [5, 5.41) is 6.81. The van der Waals surface area contributed by atoms with Gasteiger partial charge in [-0.05, 0) is 71.5 Å². The number of likely N-dealkylation sites (tertiary alicyclic amines) is 1. The van der Waals surface area contributed by atoms with Crippen molar-refractivity contribution in [1.29, 1.82) is 5.41 Å². The first-order valence-corrected chi connectivity index (χ1v) is 14.6. The largest absolute Gasteiger partial charge is 0.306 e. The van der Waals surface area contributed by atoms with Gasteiger partial charge in [0.1, 0.15) is 0 Å². The summed E-state index contributed by atoms with van der Waals surface area (Å²) in [4.78, 5) is 2.40. The fraction of sp³-hybridized carbons (Fsp3) is 0.844. The minimum absolute atomic E-state index is 0.609. The molecule has 1 aliphatic carbocycles. The minimum Gasteiger partial charge on any atom is -0.306 e. The van der Waals surface area contributed by atoms with Crippen molar-refractivity contribution < 1.29 is 0 Å². The second-order valence-electron chi connectivity index (χ2n) is 8.67. The molecular formula is C32H72N2. The fourth-order valence-corrected chi connectivity index (χ4v) is 2.79. The summed E-state index contributed by atoms with van der Waals surface area (Å²) in [6.07, 6.45) is 16.7. The monoisotopic (exact) mass is 485 g/mol. The smallest absolute Gasteiger partial charge is 0.0279 e. The summed E-state index contributed by atoms with van der Waals surface area (Å²) in [6.45, 7) is 33.8. The number of hydrogen-bond acceptors (Lipinski definition) is 2. The van der Waals surface area contributed by atoms with Gasteiger partial charge in [-0.15, -0.1) is 6.58 Å². The maximum Gasteiger partial charge on any atom is 0.0279 e. The molecule has 1 atom stereocenters. The van der Waals surface area contributed by atoms with Crippen LogP contribution in [0.1, 0.15) is 148 Å². The Labute approximate surface area is 220 Å². The van der Waals surface area contributed by atoms with Crippen LogP contribution in [0.15, 0.2) is 24.8 Å². The highest BCUT2D eigenvalue weighted by Gasteiger charge is 2.14. The van der Waals surface area contributed by atoms with Crippen LogP contribution in [0.3, 0.4) is 0 Å². The number of hydrogen-bond donors (Lipinski definition) is 1. The molecule has 210 valence electrons. The lowest BCUT2D eigenvalue weighted by atomic mass is 10.1. The van der Waals surface area contributed by atoms with Gasteiger partial charge in [0, 0.05) is 11.8 Å². The summed E-state index contributed by atoms with van der Waals surface area (Å²) in [7, 11) is 2.19. The van der Waals surface area contributed by atoms with Crippen molar-refractivity contribution in [2.24, 2.45) is 11.8 Å². The van der Waals surface area contributed by atoms with Crippen molar-refractivity contribution in [2.45, 2.75) is 154 Å². The summed E-state index contributed by atoms with van der Waals surface area (Å²) < 4.78 is 0. The molecule has 0 bridgehead atoms. The molecule has 2 aliphatic rings. The minimum atomic E-state index is 0.609. The normalized spacial score (nSPS) is 15.9. The second-order valence-corrected chi connectivity index (χ2v) is 8.67. The van der Waals surface area contributed by atoms with Crippen molar-refractivity contribution in [1.82, 2.24) is 4.90 Å². The molecule has 2 nitrogen and oxygen atoms in total. The third-order valence-electron chi connectivity index (χ3n) is 4.58. The van der Waals surface area contributed by atoms with E-state index in [9.17, 15) is 0 Å². The van der Waals surface area contributed by atoms with E-state index in [0.717, 1.165) is 24.3 Å². The van der Waals surface area contributed by atoms with Gasteiger partial charge in [-0.3, -0.25) is 0 Å². The van der Waals surface area contributed by atoms with Gasteiger partial charge >= 0.3 is 0 Å². The van der Waals surface area contributed by atoms with Crippen LogP contribution >= 0.6 is 0 Å². The molecule has 1 heterocycles. The molecule has 0 spiro atoms. The van der Waals surface area contributed by atoms with E-state index in [1.54, 1.807) is 13.0 Å². The molecule has 0 aromatic heterocycles. The Balaban J connectivity index is -0.0000000692. The Morgan fingerprint density at radius 1 is 0.941 bits per heavy atom. The third kappa shape index (κ3) is 57.7. The highest BCUT2D eigenvalue weighted by atomic mass is 15.1. The standard InChI is InChI=1S/C6H13N.2C6H12.C5H9N.C3H8.3C2H6/c1-6-4-3-5-7(6)2;1-6-4-2-3-5-6;1-4-5-6(2)3;1-3-4-5(2)6;1-3-2;3*1-2/h6H,3-5H2,1-2H3;6H,2-5H2,1H3;4,6H,1,5H2,2-3H3;3-4,6H,1-2H3;3H2,1-2H3;3*1-2H3/b;;;4-3-,6-5?;;;;. The number of nitrogens with one attached hydrogen (secondary N) is 1. The zero-order valence-electron chi connectivity index (χ0n) is 27.0. The van der Waals surface area contributed by atoms with Crippen LogP contribution in [-0.2, 0) is 0 Å². The van der Waals surface area contributed by atoms with Gasteiger partial charge in [-0.1, -0.05) is 120 Å². The molecule has 0 radical (unpaired) electrons. The third-order valence-corrected chi connectivity index (χ3v) is 4.58. The molecule has 2 rings (SSSR count). The van der Waals surface area contributed by atoms with Crippen LogP contribution < -0.4 is 0 Å². The maximum atomic E-state index is 6.81. The van der Waals surface area contributed by atoms with Crippen molar-refractivity contribution in [3.63, 3.8) is 0 Å². The summed E-state index contributed by atoms with van der Waals surface area (Å²) in [6, 6.07) is 0.847. The van der Waals surface area contributed by atoms with Gasteiger partial charge in [0.2, 0.25) is 0 Å². The molecular weight excluding hydrogens is 412 g/mol. The van der Waals surface area contributed by atoms with Gasteiger partial charge in [0.05, 0.1) is 0 Å². The first-order valence-electron chi connectivity index (χ1n) is 14.6. The molecule has 1 saturated heterocycles. The Morgan fingerprint density at radius 2 is 1.35 bits per heavy atom. The summed E-state index contributed by atoms with van der Waals surface area (Å²) in [5.74, 6) is 1.83. The molecule has 1 N–H and O–H groups in total. The number of allylic oxidation sites excluding steroid dienone is 3. The SMILES string of the molecule is C/C=C\C(C)=N.C=CCC(C)C.CC.CC.CC.CC1CCCC1.CC1CCCN1C.CCC. The number of rotatable bonds is 3. The predicted molar refractivity (Wildman–Crippen MR) is 167 cm³/mol. The van der Waals surface area contributed by atoms with Gasteiger partial charge in [-0.2, -0.15) is 0 Å². The molecule has 1 aliphatic heterocycles. The van der Waals surface area contributed by atoms with E-state index in [1.807, 2.05) is 60.6 Å². The Kier molecular flexibility index (Phi) is 62.3. The van der Waals surface area contributed by atoms with Crippen LogP contribution in [0.25, 0.3) is 0 Å². The summed E-state index contributed by atoms with van der Waals surface area (Å²) >= 11 is 0. The highest BCUT2D eigenvalue weighted by Crippen LogP contribution is 2.22. The van der Waals surface area contributed by atoms with Crippen LogP contribution in [0, 0.1) is 17.2 Å². The van der Waals surface area contributed by atoms with E-state index in [2.05, 4.69) is 60.1 Å². The quantitative estimate of drug-likeness (QED) is 0.313. The Bertz CT molecular complexity index is 344. The molecule has 1 unspecified atom stereocenters. The zero-order valence-corrected chi connectivity index (χ0v) is 27.0. The average Bonchev–Trinajstić information content (AvgIpc) is 3.45. The molecule has 1 saturated carbocycles. The van der Waals surface area contributed by atoms with Gasteiger partial charge < -0.3 is 10.3 Å². The van der Waals surface area contributed by atoms with Crippen LogP contribution in [0.5, 0.6) is 0 Å². The molecule has 2 heteroatoms. The highest BCUT2D eigenvalue weighted by molar-refractivity contribution is 5.89. The van der Waals surface area contributed by atoms with Crippen LogP contribution in [-0.4, -0.2) is 30.2 Å². The predicted octanol–water partition coefficient (Wildman–Crippen LogP) is 11.6. The van der Waals surface area contributed by atoms with Gasteiger partial charge in [0.15, 0.2) is 0 Å². The van der Waals surface area contributed by atoms with Crippen molar-refractivity contribution in [3.05, 3.63) is 24.8 Å². The lowest BCUT2D eigenvalue weighted by Crippen LogP contribution is -2.20.